The largest absolute Gasteiger partial charge is 0.467 e. The number of aromatic nitrogens is 3. The van der Waals surface area contributed by atoms with Crippen molar-refractivity contribution in [2.24, 2.45) is 0 Å². The first-order valence-corrected chi connectivity index (χ1v) is 10.7. The molecule has 0 atom stereocenters. The highest BCUT2D eigenvalue weighted by atomic mass is 32.2. The van der Waals surface area contributed by atoms with Crippen molar-refractivity contribution >= 4 is 23.4 Å². The number of thioether (sulfide) groups is 1. The zero-order valence-electron chi connectivity index (χ0n) is 17.1. The van der Waals surface area contributed by atoms with Gasteiger partial charge >= 0.3 is 0 Å². The molecule has 31 heavy (non-hydrogen) atoms. The van der Waals surface area contributed by atoms with Crippen molar-refractivity contribution in [3.63, 3.8) is 0 Å². The van der Waals surface area contributed by atoms with Crippen molar-refractivity contribution in [2.75, 3.05) is 11.1 Å². The van der Waals surface area contributed by atoms with E-state index < -0.39 is 0 Å². The number of furan rings is 1. The molecule has 0 saturated heterocycles. The number of hydrogen-bond donors (Lipinski definition) is 1. The van der Waals surface area contributed by atoms with Crippen LogP contribution < -0.4 is 5.32 Å². The molecule has 0 aliphatic rings. The topological polar surface area (TPSA) is 73.0 Å². The van der Waals surface area contributed by atoms with Gasteiger partial charge in [-0.2, -0.15) is 0 Å². The van der Waals surface area contributed by atoms with Crippen molar-refractivity contribution in [3.8, 4) is 11.4 Å². The number of amides is 1. The van der Waals surface area contributed by atoms with Gasteiger partial charge in [-0.25, -0.2) is 4.39 Å². The Morgan fingerprint density at radius 3 is 2.55 bits per heavy atom. The van der Waals surface area contributed by atoms with Gasteiger partial charge in [-0.15, -0.1) is 10.2 Å². The number of para-hydroxylation sites is 1. The van der Waals surface area contributed by atoms with Crippen LogP contribution in [-0.4, -0.2) is 26.4 Å². The van der Waals surface area contributed by atoms with E-state index in [4.69, 9.17) is 4.42 Å². The molecule has 2 aromatic heterocycles. The Morgan fingerprint density at radius 2 is 1.84 bits per heavy atom. The number of rotatable bonds is 7. The molecule has 0 bridgehead atoms. The number of anilines is 1. The maximum atomic E-state index is 14.4. The quantitative estimate of drug-likeness (QED) is 0.409. The van der Waals surface area contributed by atoms with E-state index in [0.717, 1.165) is 16.8 Å². The van der Waals surface area contributed by atoms with E-state index in [0.29, 0.717) is 28.8 Å². The number of benzene rings is 2. The highest BCUT2D eigenvalue weighted by Crippen LogP contribution is 2.27. The fourth-order valence-corrected chi connectivity index (χ4v) is 3.99. The van der Waals surface area contributed by atoms with Crippen LogP contribution in [-0.2, 0) is 11.3 Å². The number of hydrogen-bond acceptors (Lipinski definition) is 5. The third kappa shape index (κ3) is 4.69. The fourth-order valence-electron chi connectivity index (χ4n) is 3.26. The Bertz CT molecular complexity index is 1180. The molecule has 2 heterocycles. The Labute approximate surface area is 183 Å². The number of carbonyl (C=O) groups is 1. The first kappa shape index (κ1) is 20.9. The number of nitrogens with one attached hydrogen (secondary N) is 1. The summed E-state index contributed by atoms with van der Waals surface area (Å²) in [6.45, 7) is 4.23. The zero-order chi connectivity index (χ0) is 21.8. The van der Waals surface area contributed by atoms with Gasteiger partial charge in [0.2, 0.25) is 5.91 Å². The highest BCUT2D eigenvalue weighted by molar-refractivity contribution is 7.99. The van der Waals surface area contributed by atoms with Crippen LogP contribution in [0, 0.1) is 19.7 Å². The molecule has 0 saturated carbocycles. The van der Waals surface area contributed by atoms with Crippen LogP contribution >= 0.6 is 11.8 Å². The maximum absolute atomic E-state index is 14.4. The molecule has 2 aromatic carbocycles. The zero-order valence-corrected chi connectivity index (χ0v) is 17.9. The average molecular weight is 437 g/mol. The molecular formula is C23H21FN4O2S. The van der Waals surface area contributed by atoms with Crippen molar-refractivity contribution < 1.29 is 13.6 Å². The molecule has 0 unspecified atom stereocenters. The third-order valence-electron chi connectivity index (χ3n) is 4.80. The second-order valence-corrected chi connectivity index (χ2v) is 8.00. The molecule has 0 aliphatic carbocycles. The number of carbonyl (C=O) groups excluding carboxylic acids is 1. The van der Waals surface area contributed by atoms with Crippen LogP contribution in [0.3, 0.4) is 0 Å². The van der Waals surface area contributed by atoms with Gasteiger partial charge < -0.3 is 9.73 Å². The molecule has 0 aliphatic heterocycles. The van der Waals surface area contributed by atoms with Crippen LogP contribution in [0.15, 0.2) is 70.4 Å². The van der Waals surface area contributed by atoms with Crippen LogP contribution in [0.1, 0.15) is 16.9 Å². The minimum Gasteiger partial charge on any atom is -0.467 e. The predicted molar refractivity (Wildman–Crippen MR) is 118 cm³/mol. The van der Waals surface area contributed by atoms with E-state index in [1.807, 2.05) is 38.1 Å². The number of halogens is 1. The summed E-state index contributed by atoms with van der Waals surface area (Å²) in [5.41, 5.74) is 3.16. The molecule has 0 fully saturated rings. The van der Waals surface area contributed by atoms with E-state index in [1.54, 1.807) is 35.1 Å². The fraction of sp³-hybridized carbons (Fsp3) is 0.174. The van der Waals surface area contributed by atoms with E-state index in [-0.39, 0.29) is 17.5 Å². The lowest BCUT2D eigenvalue weighted by Crippen LogP contribution is -2.16. The molecule has 4 aromatic rings. The van der Waals surface area contributed by atoms with E-state index in [1.165, 1.54) is 17.8 Å². The molecule has 1 N–H and O–H groups in total. The van der Waals surface area contributed by atoms with Crippen LogP contribution in [0.4, 0.5) is 10.1 Å². The molecule has 6 nitrogen and oxygen atoms in total. The molecule has 158 valence electrons. The van der Waals surface area contributed by atoms with Gasteiger partial charge in [0.25, 0.3) is 0 Å². The van der Waals surface area contributed by atoms with E-state index in [9.17, 15) is 9.18 Å². The van der Waals surface area contributed by atoms with Crippen LogP contribution in [0.25, 0.3) is 11.4 Å². The molecule has 0 spiro atoms. The van der Waals surface area contributed by atoms with Crippen molar-refractivity contribution in [1.82, 2.24) is 14.8 Å². The maximum Gasteiger partial charge on any atom is 0.234 e. The third-order valence-corrected chi connectivity index (χ3v) is 5.77. The van der Waals surface area contributed by atoms with Crippen LogP contribution in [0.5, 0.6) is 0 Å². The lowest BCUT2D eigenvalue weighted by Gasteiger charge is -2.12. The highest BCUT2D eigenvalue weighted by Gasteiger charge is 2.19. The summed E-state index contributed by atoms with van der Waals surface area (Å²) in [6.07, 6.45) is 1.58. The first-order valence-electron chi connectivity index (χ1n) is 9.72. The summed E-state index contributed by atoms with van der Waals surface area (Å²) in [6, 6.07) is 15.9. The van der Waals surface area contributed by atoms with Gasteiger partial charge in [-0.3, -0.25) is 9.36 Å². The second-order valence-electron chi connectivity index (χ2n) is 7.06. The monoisotopic (exact) mass is 436 g/mol. The average Bonchev–Trinajstić information content (AvgIpc) is 3.40. The summed E-state index contributed by atoms with van der Waals surface area (Å²) >= 11 is 1.24. The normalized spacial score (nSPS) is 10.9. The smallest absolute Gasteiger partial charge is 0.234 e. The molecule has 4 rings (SSSR count). The number of nitrogens with zero attached hydrogens (tertiary/aromatic N) is 3. The molecule has 8 heteroatoms. The number of aryl methyl sites for hydroxylation is 2. The Balaban J connectivity index is 1.56. The predicted octanol–water partition coefficient (Wildman–Crippen LogP) is 5.07. The molecule has 0 radical (unpaired) electrons. The Morgan fingerprint density at radius 1 is 1.06 bits per heavy atom. The summed E-state index contributed by atoms with van der Waals surface area (Å²) < 4.78 is 21.6. The Hall–Kier alpha value is -3.39. The van der Waals surface area contributed by atoms with Crippen molar-refractivity contribution in [1.29, 1.82) is 0 Å². The minimum atomic E-state index is -0.389. The second kappa shape index (κ2) is 9.18. The van der Waals surface area contributed by atoms with Gasteiger partial charge in [-0.05, 0) is 49.2 Å². The van der Waals surface area contributed by atoms with E-state index >= 15 is 0 Å². The lowest BCUT2D eigenvalue weighted by atomic mass is 10.1. The van der Waals surface area contributed by atoms with Gasteiger partial charge in [0.1, 0.15) is 11.6 Å². The van der Waals surface area contributed by atoms with E-state index in [2.05, 4.69) is 15.5 Å². The van der Waals surface area contributed by atoms with Gasteiger partial charge in [-0.1, -0.05) is 42.1 Å². The summed E-state index contributed by atoms with van der Waals surface area (Å²) in [5, 5.41) is 11.9. The van der Waals surface area contributed by atoms with Crippen LogP contribution in [0.2, 0.25) is 0 Å². The Kier molecular flexibility index (Phi) is 6.18. The molecule has 1 amide bonds. The SMILES string of the molecule is Cc1cccc(C)c1NC(=O)CSc1nnc(-c2ccccc2F)n1Cc1ccco1. The van der Waals surface area contributed by atoms with Crippen molar-refractivity contribution in [3.05, 3.63) is 83.6 Å². The summed E-state index contributed by atoms with van der Waals surface area (Å²) in [7, 11) is 0. The summed E-state index contributed by atoms with van der Waals surface area (Å²) in [5.74, 6) is 0.662. The minimum absolute atomic E-state index is 0.140. The van der Waals surface area contributed by atoms with Gasteiger partial charge in [0.05, 0.1) is 24.1 Å². The molecular weight excluding hydrogens is 415 g/mol. The lowest BCUT2D eigenvalue weighted by molar-refractivity contribution is -0.113. The summed E-state index contributed by atoms with van der Waals surface area (Å²) in [4.78, 5) is 12.6. The first-order chi connectivity index (χ1) is 15.0. The van der Waals surface area contributed by atoms with Gasteiger partial charge in [0.15, 0.2) is 11.0 Å². The van der Waals surface area contributed by atoms with Crippen molar-refractivity contribution in [2.45, 2.75) is 25.5 Å². The van der Waals surface area contributed by atoms with Gasteiger partial charge in [0, 0.05) is 5.69 Å². The standard InChI is InChI=1S/C23H21FN4O2S/c1-15-7-5-8-16(2)21(15)25-20(29)14-31-23-27-26-22(18-10-3-4-11-19(18)24)28(23)13-17-9-6-12-30-17/h3-12H,13-14H2,1-2H3,(H,25,29).